The summed E-state index contributed by atoms with van der Waals surface area (Å²) in [5.41, 5.74) is 6.42. The van der Waals surface area contributed by atoms with E-state index < -0.39 is 0 Å². The maximum atomic E-state index is 12.4. The van der Waals surface area contributed by atoms with Crippen molar-refractivity contribution in [3.05, 3.63) is 24.3 Å². The zero-order valence-electron chi connectivity index (χ0n) is 14.1. The van der Waals surface area contributed by atoms with Crippen LogP contribution < -0.4 is 16.4 Å². The smallest absolute Gasteiger partial charge is 0.233 e. The van der Waals surface area contributed by atoms with E-state index in [9.17, 15) is 9.59 Å². The summed E-state index contributed by atoms with van der Waals surface area (Å²) in [7, 11) is 0. The number of amides is 2. The number of halogens is 1. The van der Waals surface area contributed by atoms with Crippen LogP contribution in [0.4, 0.5) is 5.69 Å². The molecule has 0 heterocycles. The van der Waals surface area contributed by atoms with Crippen LogP contribution in [0.3, 0.4) is 0 Å². The summed E-state index contributed by atoms with van der Waals surface area (Å²) < 4.78 is 0. The molecule has 0 aromatic heterocycles. The summed E-state index contributed by atoms with van der Waals surface area (Å²) in [5.74, 6) is -0.0601. The van der Waals surface area contributed by atoms with E-state index in [-0.39, 0.29) is 35.0 Å². The fourth-order valence-electron chi connectivity index (χ4n) is 2.87. The topological polar surface area (TPSA) is 84.2 Å². The first kappa shape index (κ1) is 20.8. The molecule has 1 aliphatic carbocycles. The van der Waals surface area contributed by atoms with Gasteiger partial charge in [-0.3, -0.25) is 9.59 Å². The average Bonchev–Trinajstić information content (AvgIpc) is 2.97. The van der Waals surface area contributed by atoms with Gasteiger partial charge in [0.05, 0.1) is 10.8 Å². The van der Waals surface area contributed by atoms with Crippen molar-refractivity contribution in [1.29, 1.82) is 0 Å². The molecular formula is C17H26ClN3O2S. The Hall–Kier alpha value is -1.24. The summed E-state index contributed by atoms with van der Waals surface area (Å²) in [6, 6.07) is 7.50. The van der Waals surface area contributed by atoms with Crippen molar-refractivity contribution >= 4 is 41.7 Å². The number of nitrogens with two attached hydrogens (primary N) is 1. The fraction of sp³-hybridized carbons (Fsp3) is 0.529. The van der Waals surface area contributed by atoms with E-state index in [0.29, 0.717) is 6.54 Å². The summed E-state index contributed by atoms with van der Waals surface area (Å²) in [6.45, 7) is 3.88. The Bertz CT molecular complexity index is 559. The first-order chi connectivity index (χ1) is 10.9. The van der Waals surface area contributed by atoms with Gasteiger partial charge in [-0.15, -0.1) is 24.2 Å². The van der Waals surface area contributed by atoms with E-state index >= 15 is 0 Å². The van der Waals surface area contributed by atoms with E-state index in [1.54, 1.807) is 0 Å². The third kappa shape index (κ3) is 5.69. The predicted molar refractivity (Wildman–Crippen MR) is 102 cm³/mol. The van der Waals surface area contributed by atoms with Gasteiger partial charge in [-0.25, -0.2) is 0 Å². The van der Waals surface area contributed by atoms with E-state index in [2.05, 4.69) is 10.6 Å². The Morgan fingerprint density at radius 3 is 2.33 bits per heavy atom. The van der Waals surface area contributed by atoms with Crippen molar-refractivity contribution in [2.75, 3.05) is 11.9 Å². The van der Waals surface area contributed by atoms with Crippen LogP contribution in [0.5, 0.6) is 0 Å². The molecular weight excluding hydrogens is 346 g/mol. The lowest BCUT2D eigenvalue weighted by molar-refractivity contribution is -0.122. The summed E-state index contributed by atoms with van der Waals surface area (Å²) in [4.78, 5) is 24.4. The standard InChI is InChI=1S/C17H25N3O2S.ClH/c1-12(16(22)20-17(11-18)9-3-4-10-17)23-15-7-5-14(6-8-15)19-13(2)21;/h5-8,12H,3-4,9-11,18H2,1-2H3,(H,19,21)(H,20,22);1H. The third-order valence-electron chi connectivity index (χ3n) is 4.20. The van der Waals surface area contributed by atoms with Gasteiger partial charge >= 0.3 is 0 Å². The van der Waals surface area contributed by atoms with Gasteiger partial charge in [-0.2, -0.15) is 0 Å². The molecule has 1 aliphatic rings. The number of carbonyl (C=O) groups is 2. The molecule has 1 saturated carbocycles. The molecule has 1 unspecified atom stereocenters. The van der Waals surface area contributed by atoms with Gasteiger partial charge in [0.15, 0.2) is 0 Å². The van der Waals surface area contributed by atoms with Crippen LogP contribution in [0.1, 0.15) is 39.5 Å². The number of anilines is 1. The van der Waals surface area contributed by atoms with Crippen molar-refractivity contribution in [2.45, 2.75) is 55.2 Å². The maximum absolute atomic E-state index is 12.4. The van der Waals surface area contributed by atoms with Crippen LogP contribution in [0.25, 0.3) is 0 Å². The Labute approximate surface area is 153 Å². The molecule has 0 spiro atoms. The number of hydrogen-bond acceptors (Lipinski definition) is 4. The minimum absolute atomic E-state index is 0. The van der Waals surface area contributed by atoms with Crippen LogP contribution in [0.15, 0.2) is 29.2 Å². The van der Waals surface area contributed by atoms with Gasteiger partial charge in [0.2, 0.25) is 11.8 Å². The number of hydrogen-bond donors (Lipinski definition) is 3. The Morgan fingerprint density at radius 2 is 1.83 bits per heavy atom. The zero-order valence-corrected chi connectivity index (χ0v) is 15.8. The molecule has 24 heavy (non-hydrogen) atoms. The molecule has 1 aromatic carbocycles. The van der Waals surface area contributed by atoms with Crippen LogP contribution in [0, 0.1) is 0 Å². The first-order valence-electron chi connectivity index (χ1n) is 8.00. The SMILES string of the molecule is CC(=O)Nc1ccc(SC(C)C(=O)NC2(CN)CCCC2)cc1.Cl. The van der Waals surface area contributed by atoms with Gasteiger partial charge in [-0.1, -0.05) is 12.8 Å². The average molecular weight is 372 g/mol. The lowest BCUT2D eigenvalue weighted by Gasteiger charge is -2.30. The number of carbonyl (C=O) groups excluding carboxylic acids is 2. The Kier molecular flexibility index (Phi) is 8.06. The van der Waals surface area contributed by atoms with Crippen LogP contribution in [0.2, 0.25) is 0 Å². The summed E-state index contributed by atoms with van der Waals surface area (Å²) in [6.07, 6.45) is 4.20. The van der Waals surface area contributed by atoms with Gasteiger partial charge in [0.1, 0.15) is 0 Å². The second-order valence-electron chi connectivity index (χ2n) is 6.15. The molecule has 0 radical (unpaired) electrons. The lowest BCUT2D eigenvalue weighted by atomic mass is 9.98. The second kappa shape index (κ2) is 9.30. The largest absolute Gasteiger partial charge is 0.348 e. The van der Waals surface area contributed by atoms with Crippen molar-refractivity contribution in [3.8, 4) is 0 Å². The monoisotopic (exact) mass is 371 g/mol. The molecule has 1 atom stereocenters. The maximum Gasteiger partial charge on any atom is 0.233 e. The molecule has 5 nitrogen and oxygen atoms in total. The predicted octanol–water partition coefficient (Wildman–Crippen LogP) is 2.94. The number of rotatable bonds is 6. The van der Waals surface area contributed by atoms with Crippen molar-refractivity contribution in [2.24, 2.45) is 5.73 Å². The highest BCUT2D eigenvalue weighted by Gasteiger charge is 2.34. The van der Waals surface area contributed by atoms with Gasteiger partial charge in [0, 0.05) is 24.1 Å². The molecule has 0 bridgehead atoms. The van der Waals surface area contributed by atoms with E-state index in [1.165, 1.54) is 18.7 Å². The summed E-state index contributed by atoms with van der Waals surface area (Å²) in [5, 5.41) is 5.70. The third-order valence-corrected chi connectivity index (χ3v) is 5.31. The first-order valence-corrected chi connectivity index (χ1v) is 8.88. The molecule has 4 N–H and O–H groups in total. The van der Waals surface area contributed by atoms with E-state index in [4.69, 9.17) is 5.73 Å². The highest BCUT2D eigenvalue weighted by Crippen LogP contribution is 2.30. The normalized spacial score (nSPS) is 16.8. The van der Waals surface area contributed by atoms with Crippen LogP contribution >= 0.6 is 24.2 Å². The molecule has 2 rings (SSSR count). The molecule has 2 amide bonds. The van der Waals surface area contributed by atoms with Crippen LogP contribution in [-0.2, 0) is 9.59 Å². The highest BCUT2D eigenvalue weighted by molar-refractivity contribution is 8.00. The Balaban J connectivity index is 0.00000288. The second-order valence-corrected chi connectivity index (χ2v) is 7.56. The molecule has 134 valence electrons. The Morgan fingerprint density at radius 1 is 1.25 bits per heavy atom. The molecule has 1 aromatic rings. The number of benzene rings is 1. The minimum atomic E-state index is -0.207. The highest BCUT2D eigenvalue weighted by atomic mass is 35.5. The number of nitrogens with one attached hydrogen (secondary N) is 2. The molecule has 0 aliphatic heterocycles. The quantitative estimate of drug-likeness (QED) is 0.671. The van der Waals surface area contributed by atoms with Crippen molar-refractivity contribution < 1.29 is 9.59 Å². The molecule has 1 fully saturated rings. The van der Waals surface area contributed by atoms with E-state index in [0.717, 1.165) is 36.3 Å². The van der Waals surface area contributed by atoms with Crippen molar-refractivity contribution in [1.82, 2.24) is 5.32 Å². The van der Waals surface area contributed by atoms with E-state index in [1.807, 2.05) is 31.2 Å². The lowest BCUT2D eigenvalue weighted by Crippen LogP contribution is -2.53. The molecule has 0 saturated heterocycles. The fourth-order valence-corrected chi connectivity index (χ4v) is 3.74. The number of thioether (sulfide) groups is 1. The van der Waals surface area contributed by atoms with Crippen LogP contribution in [-0.4, -0.2) is 29.1 Å². The zero-order chi connectivity index (χ0) is 16.9. The van der Waals surface area contributed by atoms with Gasteiger partial charge in [-0.05, 0) is 44.0 Å². The van der Waals surface area contributed by atoms with Gasteiger partial charge in [0.25, 0.3) is 0 Å². The summed E-state index contributed by atoms with van der Waals surface area (Å²) >= 11 is 1.51. The minimum Gasteiger partial charge on any atom is -0.348 e. The van der Waals surface area contributed by atoms with Gasteiger partial charge < -0.3 is 16.4 Å². The van der Waals surface area contributed by atoms with Crippen molar-refractivity contribution in [3.63, 3.8) is 0 Å². The molecule has 7 heteroatoms.